The summed E-state index contributed by atoms with van der Waals surface area (Å²) in [5.74, 6) is 0. The summed E-state index contributed by atoms with van der Waals surface area (Å²) in [6.45, 7) is 0. The van der Waals surface area contributed by atoms with Crippen molar-refractivity contribution in [3.05, 3.63) is 67.4 Å². The topological polar surface area (TPSA) is 81.3 Å². The molecule has 3 heterocycles. The van der Waals surface area contributed by atoms with Crippen LogP contribution in [-0.4, -0.2) is 27.4 Å². The van der Waals surface area contributed by atoms with Crippen LogP contribution < -0.4 is 4.72 Å². The van der Waals surface area contributed by atoms with Crippen molar-refractivity contribution >= 4 is 21.4 Å². The van der Waals surface area contributed by atoms with Crippen molar-refractivity contribution in [2.24, 2.45) is 7.05 Å². The Morgan fingerprint density at radius 2 is 1.84 bits per heavy atom. The van der Waals surface area contributed by atoms with Crippen LogP contribution in [0.15, 0.2) is 72.4 Å². The van der Waals surface area contributed by atoms with Crippen LogP contribution in [-0.2, 0) is 17.1 Å². The number of rotatable bonds is 4. The number of aryl methyl sites for hydroxylation is 1. The number of nitrogens with one attached hydrogen (secondary N) is 1. The van der Waals surface area contributed by atoms with Gasteiger partial charge in [-0.1, -0.05) is 18.2 Å². The zero-order valence-electron chi connectivity index (χ0n) is 13.4. The summed E-state index contributed by atoms with van der Waals surface area (Å²) in [6.07, 6.45) is 6.76. The van der Waals surface area contributed by atoms with Gasteiger partial charge in [0.25, 0.3) is 10.0 Å². The Labute approximate surface area is 144 Å². The molecule has 0 atom stereocenters. The molecule has 0 aliphatic carbocycles. The molecule has 25 heavy (non-hydrogen) atoms. The molecular formula is C17H15N5O2S. The van der Waals surface area contributed by atoms with Crippen LogP contribution in [0.25, 0.3) is 16.9 Å². The van der Waals surface area contributed by atoms with E-state index >= 15 is 0 Å². The van der Waals surface area contributed by atoms with E-state index in [2.05, 4.69) is 14.7 Å². The molecule has 0 bridgehead atoms. The number of fused-ring (bicyclic) bond motifs is 1. The molecular weight excluding hydrogens is 338 g/mol. The number of nitrogens with zero attached hydrogens (tertiary/aromatic N) is 4. The molecule has 1 N–H and O–H groups in total. The smallest absolute Gasteiger partial charge is 0.280 e. The SMILES string of the molecule is Cn1cnc(S(=O)(=O)Nc2ccc(-c3cn4ccccc4n3)cc2)c1. The maximum Gasteiger partial charge on any atom is 0.280 e. The van der Waals surface area contributed by atoms with Gasteiger partial charge in [-0.25, -0.2) is 9.97 Å². The quantitative estimate of drug-likeness (QED) is 0.611. The van der Waals surface area contributed by atoms with Crippen LogP contribution in [0.5, 0.6) is 0 Å². The largest absolute Gasteiger partial charge is 0.339 e. The molecule has 7 nitrogen and oxygen atoms in total. The summed E-state index contributed by atoms with van der Waals surface area (Å²) in [6, 6.07) is 12.9. The minimum atomic E-state index is -3.69. The van der Waals surface area contributed by atoms with Gasteiger partial charge in [-0.3, -0.25) is 4.72 Å². The van der Waals surface area contributed by atoms with Crippen LogP contribution >= 0.6 is 0 Å². The highest BCUT2D eigenvalue weighted by atomic mass is 32.2. The van der Waals surface area contributed by atoms with Crippen molar-refractivity contribution in [1.29, 1.82) is 0 Å². The first-order valence-corrected chi connectivity index (χ1v) is 9.04. The van der Waals surface area contributed by atoms with Crippen molar-refractivity contribution in [3.8, 4) is 11.3 Å². The minimum Gasteiger partial charge on any atom is -0.339 e. The van der Waals surface area contributed by atoms with Crippen molar-refractivity contribution in [3.63, 3.8) is 0 Å². The third-order valence-electron chi connectivity index (χ3n) is 3.75. The van der Waals surface area contributed by atoms with E-state index in [4.69, 9.17) is 0 Å². The molecule has 0 saturated heterocycles. The van der Waals surface area contributed by atoms with Crippen LogP contribution in [0.3, 0.4) is 0 Å². The fourth-order valence-corrected chi connectivity index (χ4v) is 3.56. The molecule has 3 aromatic heterocycles. The molecule has 8 heteroatoms. The predicted molar refractivity (Wildman–Crippen MR) is 94.6 cm³/mol. The monoisotopic (exact) mass is 353 g/mol. The van der Waals surface area contributed by atoms with Crippen LogP contribution in [0.4, 0.5) is 5.69 Å². The number of sulfonamides is 1. The average molecular weight is 353 g/mol. The predicted octanol–water partition coefficient (Wildman–Crippen LogP) is 2.54. The fourth-order valence-electron chi connectivity index (χ4n) is 2.52. The summed E-state index contributed by atoms with van der Waals surface area (Å²) < 4.78 is 30.6. The lowest BCUT2D eigenvalue weighted by atomic mass is 10.1. The molecule has 1 aromatic carbocycles. The third-order valence-corrected chi connectivity index (χ3v) is 5.02. The molecule has 0 aliphatic heterocycles. The Balaban J connectivity index is 1.59. The highest BCUT2D eigenvalue weighted by Crippen LogP contribution is 2.22. The third kappa shape index (κ3) is 2.99. The summed E-state index contributed by atoms with van der Waals surface area (Å²) in [7, 11) is -1.97. The maximum absolute atomic E-state index is 12.3. The fraction of sp³-hybridized carbons (Fsp3) is 0.0588. The normalized spacial score (nSPS) is 11.7. The summed E-state index contributed by atoms with van der Waals surface area (Å²) in [5, 5.41) is -0.0144. The molecule has 4 rings (SSSR count). The van der Waals surface area contributed by atoms with Gasteiger partial charge >= 0.3 is 0 Å². The summed E-state index contributed by atoms with van der Waals surface area (Å²) in [5.41, 5.74) is 3.06. The van der Waals surface area contributed by atoms with Gasteiger partial charge in [0.1, 0.15) is 5.65 Å². The highest BCUT2D eigenvalue weighted by molar-refractivity contribution is 7.92. The maximum atomic E-state index is 12.3. The Bertz CT molecular complexity index is 1110. The first-order chi connectivity index (χ1) is 12.0. The molecule has 0 spiro atoms. The average Bonchev–Trinajstić information content (AvgIpc) is 3.21. The highest BCUT2D eigenvalue weighted by Gasteiger charge is 2.17. The Morgan fingerprint density at radius 3 is 2.52 bits per heavy atom. The van der Waals surface area contributed by atoms with E-state index < -0.39 is 10.0 Å². The minimum absolute atomic E-state index is 0.0144. The molecule has 0 unspecified atom stereocenters. The number of aromatic nitrogens is 4. The summed E-state index contributed by atoms with van der Waals surface area (Å²) >= 11 is 0. The number of imidazole rings is 2. The van der Waals surface area contributed by atoms with Gasteiger partial charge in [0, 0.05) is 36.9 Å². The number of benzene rings is 1. The van der Waals surface area contributed by atoms with Crippen LogP contribution in [0.2, 0.25) is 0 Å². The van der Waals surface area contributed by atoms with Gasteiger partial charge in [0.2, 0.25) is 0 Å². The van der Waals surface area contributed by atoms with Crippen molar-refractivity contribution < 1.29 is 8.42 Å². The van der Waals surface area contributed by atoms with E-state index in [1.807, 2.05) is 47.1 Å². The molecule has 0 saturated carbocycles. The van der Waals surface area contributed by atoms with E-state index in [0.29, 0.717) is 5.69 Å². The van der Waals surface area contributed by atoms with Gasteiger partial charge in [0.15, 0.2) is 5.03 Å². The number of anilines is 1. The standard InChI is InChI=1S/C17H15N5O2S/c1-21-11-17(18-12-21)25(23,24)20-14-7-5-13(6-8-14)15-10-22-9-3-2-4-16(22)19-15/h2-12,20H,1H3. The first-order valence-electron chi connectivity index (χ1n) is 7.56. The van der Waals surface area contributed by atoms with E-state index in [1.165, 1.54) is 12.5 Å². The number of pyridine rings is 1. The van der Waals surface area contributed by atoms with Gasteiger partial charge in [-0.15, -0.1) is 0 Å². The van der Waals surface area contributed by atoms with E-state index in [0.717, 1.165) is 16.9 Å². The lowest BCUT2D eigenvalue weighted by Gasteiger charge is -2.06. The second-order valence-corrected chi connectivity index (χ2v) is 7.28. The Hall–Kier alpha value is -3.13. The lowest BCUT2D eigenvalue weighted by molar-refractivity contribution is 0.598. The number of hydrogen-bond acceptors (Lipinski definition) is 4. The molecule has 0 amide bonds. The lowest BCUT2D eigenvalue weighted by Crippen LogP contribution is -2.13. The number of hydrogen-bond donors (Lipinski definition) is 1. The molecule has 4 aromatic rings. The van der Waals surface area contributed by atoms with Crippen LogP contribution in [0.1, 0.15) is 0 Å². The second-order valence-electron chi connectivity index (χ2n) is 5.65. The van der Waals surface area contributed by atoms with Crippen molar-refractivity contribution in [2.75, 3.05) is 4.72 Å². The van der Waals surface area contributed by atoms with Gasteiger partial charge < -0.3 is 8.97 Å². The second kappa shape index (κ2) is 5.75. The van der Waals surface area contributed by atoms with E-state index in [-0.39, 0.29) is 5.03 Å². The summed E-state index contributed by atoms with van der Waals surface area (Å²) in [4.78, 5) is 8.42. The van der Waals surface area contributed by atoms with Crippen molar-refractivity contribution in [1.82, 2.24) is 18.9 Å². The van der Waals surface area contributed by atoms with Gasteiger partial charge in [0.05, 0.1) is 12.0 Å². The molecule has 126 valence electrons. The zero-order chi connectivity index (χ0) is 17.4. The first kappa shape index (κ1) is 15.4. The van der Waals surface area contributed by atoms with E-state index in [1.54, 1.807) is 23.7 Å². The molecule has 0 radical (unpaired) electrons. The Kier molecular flexibility index (Phi) is 3.54. The molecule has 0 aliphatic rings. The zero-order valence-corrected chi connectivity index (χ0v) is 14.2. The van der Waals surface area contributed by atoms with Crippen LogP contribution in [0, 0.1) is 0 Å². The van der Waals surface area contributed by atoms with E-state index in [9.17, 15) is 8.42 Å². The molecule has 0 fully saturated rings. The van der Waals surface area contributed by atoms with Gasteiger partial charge in [-0.2, -0.15) is 8.42 Å². The van der Waals surface area contributed by atoms with Crippen molar-refractivity contribution in [2.45, 2.75) is 5.03 Å². The Morgan fingerprint density at radius 1 is 1.04 bits per heavy atom. The van der Waals surface area contributed by atoms with Gasteiger partial charge in [-0.05, 0) is 24.3 Å².